The first-order valence-corrected chi connectivity index (χ1v) is 6.23. The highest BCUT2D eigenvalue weighted by Crippen LogP contribution is 2.44. The largest absolute Gasteiger partial charge is 0.479 e. The molecule has 2 atom stereocenters. The van der Waals surface area contributed by atoms with Gasteiger partial charge in [0.15, 0.2) is 5.60 Å². The van der Waals surface area contributed by atoms with E-state index in [1.807, 2.05) is 6.92 Å². The summed E-state index contributed by atoms with van der Waals surface area (Å²) in [6.45, 7) is 8.62. The number of rotatable bonds is 6. The number of hydrogen-bond acceptors (Lipinski definition) is 2. The van der Waals surface area contributed by atoms with Crippen molar-refractivity contribution in [3.05, 3.63) is 0 Å². The molecule has 1 rings (SSSR count). The second kappa shape index (κ2) is 4.74. The van der Waals surface area contributed by atoms with Crippen LogP contribution in [0.15, 0.2) is 0 Å². The highest BCUT2D eigenvalue weighted by molar-refractivity contribution is 5.81. The van der Waals surface area contributed by atoms with E-state index >= 15 is 0 Å². The minimum atomic E-state index is -0.841. The third-order valence-corrected chi connectivity index (χ3v) is 3.19. The van der Waals surface area contributed by atoms with E-state index in [1.165, 1.54) is 0 Å². The monoisotopic (exact) mass is 228 g/mol. The van der Waals surface area contributed by atoms with Gasteiger partial charge in [-0.15, -0.1) is 0 Å². The van der Waals surface area contributed by atoms with Gasteiger partial charge in [-0.05, 0) is 24.7 Å². The molecule has 94 valence electrons. The van der Waals surface area contributed by atoms with Crippen LogP contribution in [0.5, 0.6) is 0 Å². The molecule has 1 N–H and O–H groups in total. The molecule has 0 aromatic rings. The summed E-state index contributed by atoms with van der Waals surface area (Å²) < 4.78 is 5.42. The minimum Gasteiger partial charge on any atom is -0.479 e. The van der Waals surface area contributed by atoms with E-state index in [9.17, 15) is 4.79 Å². The Bertz CT molecular complexity index is 254. The summed E-state index contributed by atoms with van der Waals surface area (Å²) in [5.74, 6) is -0.782. The summed E-state index contributed by atoms with van der Waals surface area (Å²) in [5, 5.41) is 9.14. The third kappa shape index (κ3) is 3.21. The molecule has 1 heterocycles. The maximum absolute atomic E-state index is 11.1. The van der Waals surface area contributed by atoms with E-state index in [2.05, 4.69) is 20.8 Å². The normalized spacial score (nSPS) is 29.1. The number of aliphatic carboxylic acids is 1. The molecule has 2 unspecified atom stereocenters. The van der Waals surface area contributed by atoms with Crippen molar-refractivity contribution in [1.29, 1.82) is 0 Å². The zero-order valence-electron chi connectivity index (χ0n) is 10.9. The first kappa shape index (κ1) is 13.5. The molecule has 3 heteroatoms. The third-order valence-electron chi connectivity index (χ3n) is 3.19. The van der Waals surface area contributed by atoms with Crippen molar-refractivity contribution >= 4 is 5.97 Å². The van der Waals surface area contributed by atoms with Crippen LogP contribution < -0.4 is 0 Å². The first-order valence-electron chi connectivity index (χ1n) is 6.23. The maximum atomic E-state index is 11.1. The fourth-order valence-corrected chi connectivity index (χ4v) is 2.22. The van der Waals surface area contributed by atoms with Crippen LogP contribution in [0.4, 0.5) is 0 Å². The predicted molar refractivity (Wildman–Crippen MR) is 63.5 cm³/mol. The van der Waals surface area contributed by atoms with Gasteiger partial charge in [0.1, 0.15) is 0 Å². The molecular formula is C13H24O3. The molecule has 0 spiro atoms. The van der Waals surface area contributed by atoms with Gasteiger partial charge >= 0.3 is 5.97 Å². The van der Waals surface area contributed by atoms with Crippen molar-refractivity contribution < 1.29 is 14.6 Å². The number of epoxide rings is 1. The van der Waals surface area contributed by atoms with Crippen molar-refractivity contribution in [3.63, 3.8) is 0 Å². The Kier molecular flexibility index (Phi) is 4.00. The van der Waals surface area contributed by atoms with Gasteiger partial charge in [0.05, 0.1) is 6.10 Å². The van der Waals surface area contributed by atoms with E-state index in [0.717, 1.165) is 25.7 Å². The molecule has 16 heavy (non-hydrogen) atoms. The summed E-state index contributed by atoms with van der Waals surface area (Å²) in [5.41, 5.74) is -0.516. The van der Waals surface area contributed by atoms with E-state index in [1.54, 1.807) is 0 Å². The Labute approximate surface area is 98.2 Å². The lowest BCUT2D eigenvalue weighted by Gasteiger charge is -2.17. The maximum Gasteiger partial charge on any atom is 0.338 e. The first-order chi connectivity index (χ1) is 7.32. The number of carboxylic acid groups (broad SMARTS) is 1. The fourth-order valence-electron chi connectivity index (χ4n) is 2.22. The molecule has 0 radical (unpaired) electrons. The molecule has 1 fully saturated rings. The number of carbonyl (C=O) groups is 1. The van der Waals surface area contributed by atoms with Crippen molar-refractivity contribution in [2.45, 2.75) is 71.5 Å². The van der Waals surface area contributed by atoms with E-state index in [-0.39, 0.29) is 6.10 Å². The van der Waals surface area contributed by atoms with Crippen molar-refractivity contribution in [1.82, 2.24) is 0 Å². The van der Waals surface area contributed by atoms with Crippen molar-refractivity contribution in [3.8, 4) is 0 Å². The predicted octanol–water partition coefficient (Wildman–Crippen LogP) is 3.23. The second-order valence-electron chi connectivity index (χ2n) is 6.00. The van der Waals surface area contributed by atoms with Gasteiger partial charge in [-0.2, -0.15) is 0 Å². The molecule has 1 aliphatic rings. The van der Waals surface area contributed by atoms with E-state index in [0.29, 0.717) is 11.8 Å². The summed E-state index contributed by atoms with van der Waals surface area (Å²) >= 11 is 0. The Balaban J connectivity index is 2.34. The molecule has 3 nitrogen and oxygen atoms in total. The van der Waals surface area contributed by atoms with Crippen LogP contribution in [0, 0.1) is 5.41 Å². The summed E-state index contributed by atoms with van der Waals surface area (Å²) in [6.07, 6.45) is 4.50. The lowest BCUT2D eigenvalue weighted by molar-refractivity contribution is -0.143. The Morgan fingerprint density at radius 3 is 2.50 bits per heavy atom. The van der Waals surface area contributed by atoms with Crippen LogP contribution in [0.2, 0.25) is 0 Å². The molecule has 0 saturated carbocycles. The van der Waals surface area contributed by atoms with Gasteiger partial charge in [0, 0.05) is 0 Å². The van der Waals surface area contributed by atoms with Gasteiger partial charge in [-0.3, -0.25) is 0 Å². The average Bonchev–Trinajstić information content (AvgIpc) is 2.78. The Hall–Kier alpha value is -0.570. The molecule has 1 aliphatic heterocycles. The topological polar surface area (TPSA) is 49.8 Å². The van der Waals surface area contributed by atoms with Crippen LogP contribution >= 0.6 is 0 Å². The van der Waals surface area contributed by atoms with Gasteiger partial charge in [0.2, 0.25) is 0 Å². The SMILES string of the molecule is CCCC1(C(=O)O)OC1CCCC(C)(C)C. The van der Waals surface area contributed by atoms with Gasteiger partial charge in [-0.1, -0.05) is 40.5 Å². The number of hydrogen-bond donors (Lipinski definition) is 1. The zero-order valence-corrected chi connectivity index (χ0v) is 10.9. The van der Waals surface area contributed by atoms with Crippen LogP contribution in [0.3, 0.4) is 0 Å². The molecule has 1 saturated heterocycles. The second-order valence-corrected chi connectivity index (χ2v) is 6.00. The minimum absolute atomic E-state index is 0.0488. The van der Waals surface area contributed by atoms with Gasteiger partial charge in [0.25, 0.3) is 0 Å². The zero-order chi connectivity index (χ0) is 12.4. The molecule has 0 aromatic carbocycles. The van der Waals surface area contributed by atoms with Crippen LogP contribution in [-0.4, -0.2) is 22.8 Å². The smallest absolute Gasteiger partial charge is 0.338 e. The van der Waals surface area contributed by atoms with Crippen molar-refractivity contribution in [2.24, 2.45) is 5.41 Å². The van der Waals surface area contributed by atoms with E-state index in [4.69, 9.17) is 9.84 Å². The van der Waals surface area contributed by atoms with Crippen molar-refractivity contribution in [2.75, 3.05) is 0 Å². The lowest BCUT2D eigenvalue weighted by Crippen LogP contribution is -2.27. The highest BCUT2D eigenvalue weighted by atomic mass is 16.6. The highest BCUT2D eigenvalue weighted by Gasteiger charge is 2.61. The summed E-state index contributed by atoms with van der Waals surface area (Å²) in [4.78, 5) is 11.1. The quantitative estimate of drug-likeness (QED) is 0.710. The molecule has 0 bridgehead atoms. The van der Waals surface area contributed by atoms with E-state index < -0.39 is 11.6 Å². The number of carboxylic acids is 1. The van der Waals surface area contributed by atoms with Crippen LogP contribution in [0.25, 0.3) is 0 Å². The molecule has 0 aliphatic carbocycles. The van der Waals surface area contributed by atoms with Crippen LogP contribution in [0.1, 0.15) is 59.8 Å². The Morgan fingerprint density at radius 1 is 1.44 bits per heavy atom. The summed E-state index contributed by atoms with van der Waals surface area (Å²) in [7, 11) is 0. The fraction of sp³-hybridized carbons (Fsp3) is 0.923. The number of ether oxygens (including phenoxy) is 1. The van der Waals surface area contributed by atoms with Crippen LogP contribution in [-0.2, 0) is 9.53 Å². The lowest BCUT2D eigenvalue weighted by atomic mass is 9.88. The molecular weight excluding hydrogens is 204 g/mol. The average molecular weight is 228 g/mol. The standard InChI is InChI=1S/C13H24O3/c1-5-8-13(11(14)15)10(16-13)7-6-9-12(2,3)4/h10H,5-9H2,1-4H3,(H,14,15). The van der Waals surface area contributed by atoms with Gasteiger partial charge in [-0.25, -0.2) is 4.79 Å². The molecule has 0 amide bonds. The Morgan fingerprint density at radius 2 is 2.06 bits per heavy atom. The summed E-state index contributed by atoms with van der Waals surface area (Å²) in [6, 6.07) is 0. The van der Waals surface area contributed by atoms with Gasteiger partial charge < -0.3 is 9.84 Å². The molecule has 0 aromatic heterocycles.